The summed E-state index contributed by atoms with van der Waals surface area (Å²) in [7, 11) is 1.28. The van der Waals surface area contributed by atoms with Crippen molar-refractivity contribution in [3.05, 3.63) is 40.0 Å². The van der Waals surface area contributed by atoms with Crippen molar-refractivity contribution in [1.29, 1.82) is 0 Å². The first-order chi connectivity index (χ1) is 11.3. The molecule has 8 nitrogen and oxygen atoms in total. The van der Waals surface area contributed by atoms with Crippen LogP contribution in [0.3, 0.4) is 0 Å². The van der Waals surface area contributed by atoms with Crippen molar-refractivity contribution < 1.29 is 27.1 Å². The fraction of sp³-hybridized carbons (Fsp3) is 0.385. The molecule has 0 bridgehead atoms. The average molecular weight is 344 g/mol. The Labute approximate surface area is 132 Å². The molecule has 0 fully saturated rings. The lowest BCUT2D eigenvalue weighted by atomic mass is 10.3. The Kier molecular flexibility index (Phi) is 3.78. The number of rotatable bonds is 2. The van der Waals surface area contributed by atoms with Gasteiger partial charge in [0, 0.05) is 19.2 Å². The minimum atomic E-state index is -4.61. The molecule has 0 atom stereocenters. The number of carbonyl (C=O) groups excluding carboxylic acids is 1. The summed E-state index contributed by atoms with van der Waals surface area (Å²) < 4.78 is 49.1. The fourth-order valence-corrected chi connectivity index (χ4v) is 2.36. The number of alkyl halides is 3. The Morgan fingerprint density at radius 2 is 2.08 bits per heavy atom. The van der Waals surface area contributed by atoms with Crippen LogP contribution in [0.2, 0.25) is 0 Å². The molecule has 0 aromatic carbocycles. The van der Waals surface area contributed by atoms with E-state index in [4.69, 9.17) is 9.15 Å². The highest BCUT2D eigenvalue weighted by Crippen LogP contribution is 2.29. The first-order valence-corrected chi connectivity index (χ1v) is 6.76. The van der Waals surface area contributed by atoms with Crippen molar-refractivity contribution in [1.82, 2.24) is 19.7 Å². The number of nitrogens with zero attached hydrogens (tertiary/aromatic N) is 4. The number of hydrogen-bond acceptors (Lipinski definition) is 6. The van der Waals surface area contributed by atoms with Gasteiger partial charge in [-0.3, -0.25) is 9.59 Å². The lowest BCUT2D eigenvalue weighted by Gasteiger charge is -2.27. The first-order valence-electron chi connectivity index (χ1n) is 6.76. The molecular formula is C13H11F3N4O4. The standard InChI is InChI=1S/C13H11F3N4O4/c1-23-9-6-24-8(4-7(9)21)11(22)19-2-3-20-10(5-19)17-18-12(20)13(14,15)16/h4,6H,2-3,5H2,1H3. The zero-order valence-corrected chi connectivity index (χ0v) is 12.3. The molecule has 0 radical (unpaired) electrons. The molecule has 0 spiro atoms. The number of halogens is 3. The molecule has 1 aliphatic heterocycles. The molecule has 2 aromatic rings. The minimum Gasteiger partial charge on any atom is -0.490 e. The molecule has 3 rings (SSSR count). The van der Waals surface area contributed by atoms with Gasteiger partial charge in [-0.05, 0) is 0 Å². The van der Waals surface area contributed by atoms with Gasteiger partial charge < -0.3 is 18.6 Å². The molecule has 1 aliphatic rings. The molecule has 24 heavy (non-hydrogen) atoms. The van der Waals surface area contributed by atoms with E-state index in [0.717, 1.165) is 16.9 Å². The van der Waals surface area contributed by atoms with Crippen molar-refractivity contribution >= 4 is 5.91 Å². The molecule has 0 N–H and O–H groups in total. The van der Waals surface area contributed by atoms with E-state index >= 15 is 0 Å². The van der Waals surface area contributed by atoms with Gasteiger partial charge in [0.15, 0.2) is 11.6 Å². The maximum Gasteiger partial charge on any atom is 0.451 e. The van der Waals surface area contributed by atoms with Crippen LogP contribution in [0.25, 0.3) is 0 Å². The van der Waals surface area contributed by atoms with E-state index in [1.807, 2.05) is 0 Å². The van der Waals surface area contributed by atoms with Crippen LogP contribution in [-0.2, 0) is 19.3 Å². The maximum atomic E-state index is 12.8. The second-order valence-electron chi connectivity index (χ2n) is 4.99. The van der Waals surface area contributed by atoms with Gasteiger partial charge in [0.05, 0.1) is 13.7 Å². The summed E-state index contributed by atoms with van der Waals surface area (Å²) in [6.45, 7) is -0.274. The summed E-state index contributed by atoms with van der Waals surface area (Å²) in [6.07, 6.45) is -3.61. The Balaban J connectivity index is 1.83. The number of hydrogen-bond donors (Lipinski definition) is 0. The van der Waals surface area contributed by atoms with Crippen molar-refractivity contribution in [3.63, 3.8) is 0 Å². The topological polar surface area (TPSA) is 90.5 Å². The summed E-state index contributed by atoms with van der Waals surface area (Å²) in [4.78, 5) is 25.2. The molecule has 1 amide bonds. The summed E-state index contributed by atoms with van der Waals surface area (Å²) in [5.41, 5.74) is -0.536. The third-order valence-electron chi connectivity index (χ3n) is 3.52. The van der Waals surface area contributed by atoms with E-state index in [2.05, 4.69) is 10.2 Å². The van der Waals surface area contributed by atoms with Crippen LogP contribution in [0.15, 0.2) is 21.5 Å². The van der Waals surface area contributed by atoms with Crippen molar-refractivity contribution in [2.24, 2.45) is 0 Å². The smallest absolute Gasteiger partial charge is 0.451 e. The second kappa shape index (κ2) is 5.65. The third-order valence-corrected chi connectivity index (χ3v) is 3.52. The van der Waals surface area contributed by atoms with Crippen LogP contribution in [-0.4, -0.2) is 39.2 Å². The molecule has 0 unspecified atom stereocenters. The van der Waals surface area contributed by atoms with Gasteiger partial charge in [0.2, 0.25) is 17.0 Å². The minimum absolute atomic E-state index is 0.00267. The zero-order chi connectivity index (χ0) is 17.5. The molecule has 0 saturated carbocycles. The highest BCUT2D eigenvalue weighted by molar-refractivity contribution is 5.91. The molecule has 0 saturated heterocycles. The quantitative estimate of drug-likeness (QED) is 0.804. The highest BCUT2D eigenvalue weighted by atomic mass is 19.4. The molecule has 0 aliphatic carbocycles. The van der Waals surface area contributed by atoms with E-state index in [9.17, 15) is 22.8 Å². The number of amides is 1. The van der Waals surface area contributed by atoms with Crippen LogP contribution >= 0.6 is 0 Å². The van der Waals surface area contributed by atoms with Crippen LogP contribution in [0.4, 0.5) is 13.2 Å². The van der Waals surface area contributed by atoms with E-state index in [0.29, 0.717) is 0 Å². The van der Waals surface area contributed by atoms with E-state index in [1.165, 1.54) is 12.0 Å². The van der Waals surface area contributed by atoms with Gasteiger partial charge in [-0.15, -0.1) is 10.2 Å². The normalized spacial score (nSPS) is 14.4. The summed E-state index contributed by atoms with van der Waals surface area (Å²) >= 11 is 0. The fourth-order valence-electron chi connectivity index (χ4n) is 2.36. The number of fused-ring (bicyclic) bond motifs is 1. The Hall–Kier alpha value is -2.85. The van der Waals surface area contributed by atoms with Crippen molar-refractivity contribution in [2.45, 2.75) is 19.3 Å². The average Bonchev–Trinajstić information content (AvgIpc) is 2.97. The molecule has 2 aromatic heterocycles. The predicted molar refractivity (Wildman–Crippen MR) is 71.3 cm³/mol. The van der Waals surface area contributed by atoms with Crippen LogP contribution in [0, 0.1) is 0 Å². The lowest BCUT2D eigenvalue weighted by molar-refractivity contribution is -0.147. The number of methoxy groups -OCH3 is 1. The van der Waals surface area contributed by atoms with Crippen LogP contribution in [0.1, 0.15) is 22.2 Å². The number of aromatic nitrogens is 3. The monoisotopic (exact) mass is 344 g/mol. The summed E-state index contributed by atoms with van der Waals surface area (Å²) in [5.74, 6) is -2.00. The molecule has 128 valence electrons. The predicted octanol–water partition coefficient (Wildman–Crippen LogP) is 0.915. The van der Waals surface area contributed by atoms with Crippen molar-refractivity contribution in [2.75, 3.05) is 13.7 Å². The van der Waals surface area contributed by atoms with Gasteiger partial charge in [0.25, 0.3) is 5.91 Å². The largest absolute Gasteiger partial charge is 0.490 e. The van der Waals surface area contributed by atoms with Crippen LogP contribution < -0.4 is 10.2 Å². The van der Waals surface area contributed by atoms with Crippen molar-refractivity contribution in [3.8, 4) is 5.75 Å². The lowest BCUT2D eigenvalue weighted by Crippen LogP contribution is -2.39. The van der Waals surface area contributed by atoms with E-state index in [-0.39, 0.29) is 37.0 Å². The SMILES string of the molecule is COc1coc(C(=O)N2CCn3c(nnc3C(F)(F)F)C2)cc1=O. The maximum absolute atomic E-state index is 12.8. The molecule has 3 heterocycles. The molecule has 11 heteroatoms. The van der Waals surface area contributed by atoms with Gasteiger partial charge >= 0.3 is 6.18 Å². The number of ether oxygens (including phenoxy) is 1. The highest BCUT2D eigenvalue weighted by Gasteiger charge is 2.40. The van der Waals surface area contributed by atoms with E-state index < -0.39 is 23.3 Å². The van der Waals surface area contributed by atoms with Gasteiger partial charge in [-0.25, -0.2) is 0 Å². The van der Waals surface area contributed by atoms with Gasteiger partial charge in [0.1, 0.15) is 6.26 Å². The van der Waals surface area contributed by atoms with Gasteiger partial charge in [-0.2, -0.15) is 13.2 Å². The number of carbonyl (C=O) groups is 1. The Morgan fingerprint density at radius 1 is 1.33 bits per heavy atom. The summed E-state index contributed by atoms with van der Waals surface area (Å²) in [5, 5.41) is 6.61. The third kappa shape index (κ3) is 2.72. The Morgan fingerprint density at radius 3 is 2.71 bits per heavy atom. The van der Waals surface area contributed by atoms with Gasteiger partial charge in [-0.1, -0.05) is 0 Å². The first kappa shape index (κ1) is 16.0. The second-order valence-corrected chi connectivity index (χ2v) is 4.99. The van der Waals surface area contributed by atoms with Crippen LogP contribution in [0.5, 0.6) is 5.75 Å². The Bertz CT molecular complexity index is 842. The zero-order valence-electron chi connectivity index (χ0n) is 12.3. The van der Waals surface area contributed by atoms with E-state index in [1.54, 1.807) is 0 Å². The molecular weight excluding hydrogens is 333 g/mol. The summed E-state index contributed by atoms with van der Waals surface area (Å²) in [6, 6.07) is 0.974.